The first-order valence-corrected chi connectivity index (χ1v) is 9.31. The summed E-state index contributed by atoms with van der Waals surface area (Å²) < 4.78 is 0. The molecule has 25 heavy (non-hydrogen) atoms. The van der Waals surface area contributed by atoms with E-state index in [0.717, 1.165) is 29.1 Å². The Labute approximate surface area is 150 Å². The Morgan fingerprint density at radius 2 is 2.20 bits per heavy atom. The van der Waals surface area contributed by atoms with Crippen LogP contribution >= 0.6 is 11.3 Å². The molecule has 0 unspecified atom stereocenters. The summed E-state index contributed by atoms with van der Waals surface area (Å²) >= 11 is 1.37. The molecule has 1 aromatic heterocycles. The largest absolute Gasteiger partial charge is 0.347 e. The smallest absolute Gasteiger partial charge is 0.263 e. The Kier molecular flexibility index (Phi) is 4.27. The number of fused-ring (bicyclic) bond motifs is 2. The van der Waals surface area contributed by atoms with Gasteiger partial charge in [-0.15, -0.1) is 11.3 Å². The minimum atomic E-state index is -0.115. The van der Waals surface area contributed by atoms with E-state index in [1.807, 2.05) is 24.3 Å². The van der Waals surface area contributed by atoms with Gasteiger partial charge in [-0.1, -0.05) is 12.1 Å². The number of benzene rings is 1. The zero-order valence-corrected chi connectivity index (χ0v) is 14.7. The number of anilines is 1. The molecule has 2 saturated heterocycles. The Morgan fingerprint density at radius 3 is 2.92 bits per heavy atom. The number of aromatic nitrogens is 1. The van der Waals surface area contributed by atoms with Crippen molar-refractivity contribution in [1.29, 1.82) is 0 Å². The Bertz CT molecular complexity index is 819. The van der Waals surface area contributed by atoms with E-state index in [2.05, 4.69) is 20.9 Å². The van der Waals surface area contributed by atoms with Gasteiger partial charge in [-0.3, -0.25) is 9.59 Å². The van der Waals surface area contributed by atoms with Gasteiger partial charge in [0.2, 0.25) is 5.91 Å². The van der Waals surface area contributed by atoms with Gasteiger partial charge in [0.15, 0.2) is 0 Å². The minimum absolute atomic E-state index is 0.0545. The molecule has 2 aliphatic rings. The monoisotopic (exact) mass is 356 g/mol. The van der Waals surface area contributed by atoms with Gasteiger partial charge in [-0.2, -0.15) is 0 Å². The van der Waals surface area contributed by atoms with Gasteiger partial charge in [0.25, 0.3) is 5.91 Å². The molecule has 2 aliphatic heterocycles. The van der Waals surface area contributed by atoms with Crippen LogP contribution in [-0.2, 0) is 4.79 Å². The lowest BCUT2D eigenvalue weighted by Gasteiger charge is -2.20. The number of rotatable bonds is 4. The second-order valence-electron chi connectivity index (χ2n) is 6.65. The highest BCUT2D eigenvalue weighted by atomic mass is 32.1. The van der Waals surface area contributed by atoms with Crippen LogP contribution in [0.25, 0.3) is 10.6 Å². The van der Waals surface area contributed by atoms with E-state index in [9.17, 15) is 9.59 Å². The first kappa shape index (κ1) is 16.2. The van der Waals surface area contributed by atoms with E-state index < -0.39 is 0 Å². The van der Waals surface area contributed by atoms with Crippen molar-refractivity contribution in [3.63, 3.8) is 0 Å². The molecule has 3 atom stereocenters. The van der Waals surface area contributed by atoms with Crippen molar-refractivity contribution >= 4 is 28.8 Å². The molecule has 3 N–H and O–H groups in total. The van der Waals surface area contributed by atoms with Gasteiger partial charge in [-0.05, 0) is 31.4 Å². The molecule has 0 spiro atoms. The highest BCUT2D eigenvalue weighted by Gasteiger charge is 2.39. The van der Waals surface area contributed by atoms with Gasteiger partial charge >= 0.3 is 0 Å². The van der Waals surface area contributed by atoms with Crippen molar-refractivity contribution in [3.8, 4) is 10.6 Å². The van der Waals surface area contributed by atoms with Crippen LogP contribution in [0.1, 0.15) is 35.9 Å². The quantitative estimate of drug-likeness (QED) is 0.785. The van der Waals surface area contributed by atoms with E-state index in [-0.39, 0.29) is 17.9 Å². The number of nitrogens with zero attached hydrogens (tertiary/aromatic N) is 1. The van der Waals surface area contributed by atoms with Crippen LogP contribution in [0.5, 0.6) is 0 Å². The molecule has 7 heteroatoms. The van der Waals surface area contributed by atoms with Crippen molar-refractivity contribution in [2.45, 2.75) is 44.3 Å². The van der Waals surface area contributed by atoms with Crippen LogP contribution in [0.2, 0.25) is 0 Å². The van der Waals surface area contributed by atoms with Crippen molar-refractivity contribution in [3.05, 3.63) is 35.3 Å². The fourth-order valence-electron chi connectivity index (χ4n) is 3.67. The highest BCUT2D eigenvalue weighted by Crippen LogP contribution is 2.30. The first-order valence-electron chi connectivity index (χ1n) is 8.49. The van der Waals surface area contributed by atoms with Gasteiger partial charge in [0, 0.05) is 36.3 Å². The molecule has 3 heterocycles. The molecule has 0 aliphatic carbocycles. The maximum atomic E-state index is 12.5. The van der Waals surface area contributed by atoms with Crippen LogP contribution in [0.4, 0.5) is 5.69 Å². The standard InChI is InChI=1S/C18H20N4O2S/c1-10(23)20-12-4-2-3-11(7-12)18-19-9-16(25-18)17(24)22-15-8-13-5-6-14(15)21-13/h2-4,7,9,13-15,21H,5-6,8H2,1H3,(H,20,23)(H,22,24)/t13-,14+,15-/m1/s1. The topological polar surface area (TPSA) is 83.1 Å². The summed E-state index contributed by atoms with van der Waals surface area (Å²) in [7, 11) is 0. The van der Waals surface area contributed by atoms with Gasteiger partial charge in [-0.25, -0.2) is 4.98 Å². The Morgan fingerprint density at radius 1 is 1.32 bits per heavy atom. The number of thiazole rings is 1. The Balaban J connectivity index is 1.46. The van der Waals surface area contributed by atoms with Crippen molar-refractivity contribution in [1.82, 2.24) is 15.6 Å². The third-order valence-corrected chi connectivity index (χ3v) is 5.82. The summed E-state index contributed by atoms with van der Waals surface area (Å²) in [4.78, 5) is 28.7. The fourth-order valence-corrected chi connectivity index (χ4v) is 4.48. The summed E-state index contributed by atoms with van der Waals surface area (Å²) in [6.07, 6.45) is 4.99. The predicted molar refractivity (Wildman–Crippen MR) is 97.7 cm³/mol. The summed E-state index contributed by atoms with van der Waals surface area (Å²) in [5.41, 5.74) is 1.61. The molecule has 2 bridgehead atoms. The number of amides is 2. The molecule has 2 amide bonds. The number of nitrogens with one attached hydrogen (secondary N) is 3. The summed E-state index contributed by atoms with van der Waals surface area (Å²) in [6, 6.07) is 8.67. The third-order valence-electron chi connectivity index (χ3n) is 4.78. The van der Waals surface area contributed by atoms with Crippen molar-refractivity contribution in [2.75, 3.05) is 5.32 Å². The lowest BCUT2D eigenvalue weighted by Crippen LogP contribution is -2.42. The summed E-state index contributed by atoms with van der Waals surface area (Å²) in [5.74, 6) is -0.169. The molecule has 2 fully saturated rings. The normalized spacial score (nSPS) is 24.3. The highest BCUT2D eigenvalue weighted by molar-refractivity contribution is 7.16. The summed E-state index contributed by atoms with van der Waals surface area (Å²) in [6.45, 7) is 1.48. The van der Waals surface area contributed by atoms with E-state index in [4.69, 9.17) is 0 Å². The van der Waals surface area contributed by atoms with Crippen molar-refractivity contribution in [2.24, 2.45) is 0 Å². The van der Waals surface area contributed by atoms with Gasteiger partial charge < -0.3 is 16.0 Å². The second-order valence-corrected chi connectivity index (χ2v) is 7.69. The fraction of sp³-hybridized carbons (Fsp3) is 0.389. The summed E-state index contributed by atoms with van der Waals surface area (Å²) in [5, 5.41) is 10.2. The van der Waals surface area contributed by atoms with E-state index in [1.54, 1.807) is 6.20 Å². The molecule has 2 aromatic rings. The van der Waals surface area contributed by atoms with Crippen LogP contribution < -0.4 is 16.0 Å². The lowest BCUT2D eigenvalue weighted by atomic mass is 9.95. The van der Waals surface area contributed by atoms with E-state index >= 15 is 0 Å². The molecular formula is C18H20N4O2S. The van der Waals surface area contributed by atoms with Gasteiger partial charge in [0.05, 0.1) is 6.20 Å². The lowest BCUT2D eigenvalue weighted by molar-refractivity contribution is -0.114. The molecule has 0 saturated carbocycles. The first-order chi connectivity index (χ1) is 12.1. The van der Waals surface area contributed by atoms with Crippen LogP contribution in [0.3, 0.4) is 0 Å². The van der Waals surface area contributed by atoms with E-state index in [0.29, 0.717) is 17.0 Å². The molecule has 0 radical (unpaired) electrons. The molecule has 4 rings (SSSR count). The van der Waals surface area contributed by atoms with Gasteiger partial charge in [0.1, 0.15) is 9.88 Å². The molecular weight excluding hydrogens is 336 g/mol. The average molecular weight is 356 g/mol. The number of hydrogen-bond acceptors (Lipinski definition) is 5. The third kappa shape index (κ3) is 3.43. The van der Waals surface area contributed by atoms with Crippen LogP contribution in [0, 0.1) is 0 Å². The average Bonchev–Trinajstić information content (AvgIpc) is 3.31. The Hall–Kier alpha value is -2.25. The number of hydrogen-bond donors (Lipinski definition) is 3. The maximum absolute atomic E-state index is 12.5. The SMILES string of the molecule is CC(=O)Nc1cccc(-c2ncc(C(=O)N[C@@H]3C[C@H]4CC[C@@H]3N4)s2)c1. The zero-order valence-electron chi connectivity index (χ0n) is 13.9. The van der Waals surface area contributed by atoms with Crippen molar-refractivity contribution < 1.29 is 9.59 Å². The number of carbonyl (C=O) groups is 2. The molecule has 6 nitrogen and oxygen atoms in total. The van der Waals surface area contributed by atoms with Crippen LogP contribution in [0.15, 0.2) is 30.5 Å². The van der Waals surface area contributed by atoms with E-state index in [1.165, 1.54) is 24.7 Å². The molecule has 130 valence electrons. The van der Waals surface area contributed by atoms with Crippen LogP contribution in [-0.4, -0.2) is 34.9 Å². The number of carbonyl (C=O) groups excluding carboxylic acids is 2. The molecule has 1 aromatic carbocycles. The minimum Gasteiger partial charge on any atom is -0.347 e. The maximum Gasteiger partial charge on any atom is 0.263 e. The zero-order chi connectivity index (χ0) is 17.4. The predicted octanol–water partition coefficient (Wildman–Crippen LogP) is 2.39. The second kappa shape index (κ2) is 6.57.